The minimum absolute atomic E-state index is 0.0292. The average Bonchev–Trinajstić information content (AvgIpc) is 3.22. The zero-order chi connectivity index (χ0) is 17.2. The van der Waals surface area contributed by atoms with E-state index in [1.807, 2.05) is 17.2 Å². The molecule has 2 atom stereocenters. The van der Waals surface area contributed by atoms with Crippen molar-refractivity contribution in [3.05, 3.63) is 60.2 Å². The lowest BCUT2D eigenvalue weighted by Crippen LogP contribution is -2.48. The van der Waals surface area contributed by atoms with E-state index in [0.717, 1.165) is 31.6 Å². The van der Waals surface area contributed by atoms with E-state index in [9.17, 15) is 4.79 Å². The van der Waals surface area contributed by atoms with Crippen LogP contribution < -0.4 is 5.32 Å². The fraction of sp³-hybridized carbons (Fsp3) is 0.400. The van der Waals surface area contributed by atoms with Gasteiger partial charge in [-0.05, 0) is 37.3 Å². The molecule has 3 heterocycles. The number of hydrogen-bond donors (Lipinski definition) is 1. The molecular weight excluding hydrogens is 312 g/mol. The van der Waals surface area contributed by atoms with Crippen molar-refractivity contribution in [3.63, 3.8) is 0 Å². The van der Waals surface area contributed by atoms with Gasteiger partial charge >= 0.3 is 6.03 Å². The van der Waals surface area contributed by atoms with E-state index in [1.165, 1.54) is 11.1 Å². The highest BCUT2D eigenvalue weighted by molar-refractivity contribution is 5.78. The van der Waals surface area contributed by atoms with Gasteiger partial charge in [0.15, 0.2) is 0 Å². The highest BCUT2D eigenvalue weighted by Gasteiger charge is 2.39. The van der Waals surface area contributed by atoms with Crippen molar-refractivity contribution in [2.45, 2.75) is 51.4 Å². The topological polar surface area (TPSA) is 50.2 Å². The number of benzene rings is 1. The summed E-state index contributed by atoms with van der Waals surface area (Å²) in [5, 5.41) is 3.06. The number of fused-ring (bicyclic) bond motifs is 2. The van der Waals surface area contributed by atoms with Crippen LogP contribution in [0.25, 0.3) is 5.57 Å². The molecule has 2 unspecified atom stereocenters. The highest BCUT2D eigenvalue weighted by atomic mass is 16.2. The van der Waals surface area contributed by atoms with Crippen LogP contribution in [0.4, 0.5) is 4.79 Å². The first-order valence-corrected chi connectivity index (χ1v) is 9.08. The minimum atomic E-state index is 0.0292. The van der Waals surface area contributed by atoms with Crippen LogP contribution in [0.5, 0.6) is 0 Å². The first-order valence-electron chi connectivity index (χ1n) is 9.08. The fourth-order valence-electron chi connectivity index (χ4n) is 4.05. The standard InChI is InChI=1S/C20H24N4O/c1-2-23-11-10-21-19(23)14-22-20(25)24-17-8-9-18(24)13-16(12-17)15-6-4-3-5-7-15/h3-7,10-12,17-18H,2,8-9,13-14H2,1H3,(H,22,25). The predicted molar refractivity (Wildman–Crippen MR) is 97.8 cm³/mol. The quantitative estimate of drug-likeness (QED) is 0.930. The third-order valence-corrected chi connectivity index (χ3v) is 5.31. The summed E-state index contributed by atoms with van der Waals surface area (Å²) in [5.41, 5.74) is 2.66. The number of nitrogens with one attached hydrogen (secondary N) is 1. The van der Waals surface area contributed by atoms with E-state index >= 15 is 0 Å². The summed E-state index contributed by atoms with van der Waals surface area (Å²) in [5.74, 6) is 0.903. The molecule has 2 aliphatic heterocycles. The Morgan fingerprint density at radius 1 is 1.28 bits per heavy atom. The largest absolute Gasteiger partial charge is 0.334 e. The lowest BCUT2D eigenvalue weighted by atomic mass is 9.95. The predicted octanol–water partition coefficient (Wildman–Crippen LogP) is 3.43. The molecule has 4 rings (SSSR count). The molecule has 1 aromatic heterocycles. The number of hydrogen-bond acceptors (Lipinski definition) is 2. The molecule has 1 saturated heterocycles. The Morgan fingerprint density at radius 3 is 2.88 bits per heavy atom. The van der Waals surface area contributed by atoms with Crippen LogP contribution in [-0.2, 0) is 13.1 Å². The van der Waals surface area contributed by atoms with Crippen molar-refractivity contribution in [1.82, 2.24) is 19.8 Å². The zero-order valence-corrected chi connectivity index (χ0v) is 14.6. The third-order valence-electron chi connectivity index (χ3n) is 5.31. The molecule has 25 heavy (non-hydrogen) atoms. The van der Waals surface area contributed by atoms with Gasteiger partial charge in [0.2, 0.25) is 0 Å². The van der Waals surface area contributed by atoms with Crippen molar-refractivity contribution < 1.29 is 4.79 Å². The van der Waals surface area contributed by atoms with E-state index in [-0.39, 0.29) is 12.1 Å². The lowest BCUT2D eigenvalue weighted by Gasteiger charge is -2.34. The van der Waals surface area contributed by atoms with Crippen LogP contribution in [0.2, 0.25) is 0 Å². The van der Waals surface area contributed by atoms with Crippen LogP contribution in [0.15, 0.2) is 48.8 Å². The van der Waals surface area contributed by atoms with Crippen molar-refractivity contribution in [1.29, 1.82) is 0 Å². The van der Waals surface area contributed by atoms with Gasteiger partial charge in [0.1, 0.15) is 5.82 Å². The summed E-state index contributed by atoms with van der Waals surface area (Å²) in [7, 11) is 0. The second-order valence-corrected chi connectivity index (χ2v) is 6.76. The Morgan fingerprint density at radius 2 is 2.12 bits per heavy atom. The maximum absolute atomic E-state index is 12.7. The van der Waals surface area contributed by atoms with Gasteiger partial charge in [-0.1, -0.05) is 36.4 Å². The van der Waals surface area contributed by atoms with Gasteiger partial charge in [0.25, 0.3) is 0 Å². The van der Waals surface area contributed by atoms with Gasteiger partial charge in [-0.25, -0.2) is 9.78 Å². The number of amides is 2. The third kappa shape index (κ3) is 3.06. The van der Waals surface area contributed by atoms with E-state index in [0.29, 0.717) is 12.6 Å². The number of carbonyl (C=O) groups is 1. The van der Waals surface area contributed by atoms with Gasteiger partial charge < -0.3 is 14.8 Å². The number of nitrogens with zero attached hydrogens (tertiary/aromatic N) is 3. The van der Waals surface area contributed by atoms with Crippen molar-refractivity contribution >= 4 is 11.6 Å². The van der Waals surface area contributed by atoms with Gasteiger partial charge in [0, 0.05) is 25.0 Å². The molecule has 1 N–H and O–H groups in total. The monoisotopic (exact) mass is 336 g/mol. The Hall–Kier alpha value is -2.56. The number of urea groups is 1. The van der Waals surface area contributed by atoms with Crippen LogP contribution in [0.3, 0.4) is 0 Å². The minimum Gasteiger partial charge on any atom is -0.334 e. The molecule has 2 bridgehead atoms. The number of rotatable bonds is 4. The summed E-state index contributed by atoms with van der Waals surface area (Å²) in [4.78, 5) is 19.1. The summed E-state index contributed by atoms with van der Waals surface area (Å²) >= 11 is 0. The molecule has 1 fully saturated rings. The Labute approximate surface area is 148 Å². The second-order valence-electron chi connectivity index (χ2n) is 6.76. The highest BCUT2D eigenvalue weighted by Crippen LogP contribution is 2.38. The SMILES string of the molecule is CCn1ccnc1CNC(=O)N1C2C=C(c3ccccc3)CC1CC2. The first-order chi connectivity index (χ1) is 12.3. The molecule has 1 aromatic carbocycles. The smallest absolute Gasteiger partial charge is 0.318 e. The maximum Gasteiger partial charge on any atom is 0.318 e. The molecule has 2 aliphatic rings. The molecule has 2 amide bonds. The average molecular weight is 336 g/mol. The van der Waals surface area contributed by atoms with Crippen LogP contribution >= 0.6 is 0 Å². The normalized spacial score (nSPS) is 22.0. The summed E-state index contributed by atoms with van der Waals surface area (Å²) in [6.45, 7) is 3.42. The van der Waals surface area contributed by atoms with Gasteiger partial charge in [-0.3, -0.25) is 0 Å². The Balaban J connectivity index is 1.45. The van der Waals surface area contributed by atoms with Crippen LogP contribution in [-0.4, -0.2) is 32.6 Å². The molecule has 5 heteroatoms. The zero-order valence-electron chi connectivity index (χ0n) is 14.6. The van der Waals surface area contributed by atoms with E-state index in [4.69, 9.17) is 0 Å². The molecule has 0 aliphatic carbocycles. The molecule has 2 aromatic rings. The Kier molecular flexibility index (Phi) is 4.30. The van der Waals surface area contributed by atoms with Crippen molar-refractivity contribution in [2.75, 3.05) is 0 Å². The van der Waals surface area contributed by atoms with Gasteiger partial charge in [-0.15, -0.1) is 0 Å². The van der Waals surface area contributed by atoms with E-state index in [1.54, 1.807) is 6.20 Å². The van der Waals surface area contributed by atoms with E-state index in [2.05, 4.69) is 52.1 Å². The number of aromatic nitrogens is 2. The second kappa shape index (κ2) is 6.75. The van der Waals surface area contributed by atoms with Crippen LogP contribution in [0, 0.1) is 0 Å². The molecule has 0 spiro atoms. The van der Waals surface area contributed by atoms with Crippen molar-refractivity contribution in [2.24, 2.45) is 0 Å². The van der Waals surface area contributed by atoms with E-state index < -0.39 is 0 Å². The molecule has 0 radical (unpaired) electrons. The van der Waals surface area contributed by atoms with Gasteiger partial charge in [-0.2, -0.15) is 0 Å². The Bertz CT molecular complexity index is 780. The van der Waals surface area contributed by atoms with Gasteiger partial charge in [0.05, 0.1) is 12.6 Å². The maximum atomic E-state index is 12.7. The number of imidazole rings is 1. The summed E-state index contributed by atoms with van der Waals surface area (Å²) in [6, 6.07) is 11.1. The lowest BCUT2D eigenvalue weighted by molar-refractivity contribution is 0.179. The fourth-order valence-corrected chi connectivity index (χ4v) is 4.05. The molecule has 130 valence electrons. The summed E-state index contributed by atoms with van der Waals surface area (Å²) < 4.78 is 2.05. The molecule has 0 saturated carbocycles. The van der Waals surface area contributed by atoms with Crippen LogP contribution in [0.1, 0.15) is 37.6 Å². The molecular formula is C20H24N4O. The summed E-state index contributed by atoms with van der Waals surface area (Å²) in [6.07, 6.45) is 9.08. The number of aryl methyl sites for hydroxylation is 1. The molecule has 5 nitrogen and oxygen atoms in total. The van der Waals surface area contributed by atoms with Crippen molar-refractivity contribution in [3.8, 4) is 0 Å². The first kappa shape index (κ1) is 15.9. The number of carbonyl (C=O) groups excluding carboxylic acids is 1.